The molecular weight excluding hydrogens is 344 g/mol. The Bertz CT molecular complexity index is 685. The fraction of sp³-hybridized carbons (Fsp3) is 0.381. The third kappa shape index (κ3) is 5.19. The molecule has 1 aliphatic heterocycles. The van der Waals surface area contributed by atoms with Crippen molar-refractivity contribution in [3.8, 4) is 5.75 Å². The van der Waals surface area contributed by atoms with Crippen LogP contribution in [0.5, 0.6) is 5.75 Å². The molecule has 1 fully saturated rings. The van der Waals surface area contributed by atoms with Crippen LogP contribution < -0.4 is 10.1 Å². The zero-order valence-corrected chi connectivity index (χ0v) is 16.0. The molecular formula is C21H26N2O2S. The zero-order valence-electron chi connectivity index (χ0n) is 15.2. The van der Waals surface area contributed by atoms with Gasteiger partial charge in [0.25, 0.3) is 0 Å². The quantitative estimate of drug-likeness (QED) is 0.786. The minimum absolute atomic E-state index is 0.129. The van der Waals surface area contributed by atoms with E-state index in [1.165, 1.54) is 11.1 Å². The van der Waals surface area contributed by atoms with Gasteiger partial charge in [0, 0.05) is 13.1 Å². The standard InChI is InChI=1S/C21H26N2O2S/c1-2-25-19-10-8-17(9-11-19)16-20(18-6-4-3-5-7-18)22-21(26)23-12-14-24-15-13-23/h3-11,20H,2,12-16H2,1H3,(H,22,26). The van der Waals surface area contributed by atoms with Crippen molar-refractivity contribution in [2.75, 3.05) is 32.9 Å². The lowest BCUT2D eigenvalue weighted by Gasteiger charge is -2.32. The number of nitrogens with zero attached hydrogens (tertiary/aromatic N) is 1. The van der Waals surface area contributed by atoms with Gasteiger partial charge < -0.3 is 19.7 Å². The molecule has 3 rings (SSSR count). The molecule has 0 bridgehead atoms. The number of ether oxygens (including phenoxy) is 2. The van der Waals surface area contributed by atoms with Crippen LogP contribution in [-0.2, 0) is 11.2 Å². The van der Waals surface area contributed by atoms with Gasteiger partial charge in [-0.1, -0.05) is 42.5 Å². The Morgan fingerprint density at radius 1 is 1.12 bits per heavy atom. The maximum atomic E-state index is 5.66. The summed E-state index contributed by atoms with van der Waals surface area (Å²) < 4.78 is 11.0. The Hall–Kier alpha value is -2.11. The minimum Gasteiger partial charge on any atom is -0.494 e. The van der Waals surface area contributed by atoms with Crippen LogP contribution in [0.4, 0.5) is 0 Å². The highest BCUT2D eigenvalue weighted by molar-refractivity contribution is 7.80. The fourth-order valence-corrected chi connectivity index (χ4v) is 3.39. The molecule has 0 amide bonds. The summed E-state index contributed by atoms with van der Waals surface area (Å²) in [6.45, 7) is 5.83. The van der Waals surface area contributed by atoms with Gasteiger partial charge in [-0.15, -0.1) is 0 Å². The van der Waals surface area contributed by atoms with Gasteiger partial charge in [0.2, 0.25) is 0 Å². The number of thiocarbonyl (C=S) groups is 1. The highest BCUT2D eigenvalue weighted by atomic mass is 32.1. The maximum absolute atomic E-state index is 5.66. The van der Waals surface area contributed by atoms with Gasteiger partial charge in [-0.2, -0.15) is 0 Å². The third-order valence-electron chi connectivity index (χ3n) is 4.47. The Morgan fingerprint density at radius 3 is 2.46 bits per heavy atom. The fourth-order valence-electron chi connectivity index (χ4n) is 3.07. The molecule has 4 nitrogen and oxygen atoms in total. The Kier molecular flexibility index (Phi) is 6.86. The molecule has 5 heteroatoms. The van der Waals surface area contributed by atoms with Gasteiger partial charge in [-0.3, -0.25) is 0 Å². The smallest absolute Gasteiger partial charge is 0.169 e. The van der Waals surface area contributed by atoms with Gasteiger partial charge in [0.05, 0.1) is 25.9 Å². The number of hydrogen-bond donors (Lipinski definition) is 1. The number of benzene rings is 2. The van der Waals surface area contributed by atoms with E-state index in [1.807, 2.05) is 25.1 Å². The summed E-state index contributed by atoms with van der Waals surface area (Å²) in [6.07, 6.45) is 0.862. The zero-order chi connectivity index (χ0) is 18.2. The highest BCUT2D eigenvalue weighted by Crippen LogP contribution is 2.21. The lowest BCUT2D eigenvalue weighted by Crippen LogP contribution is -2.47. The lowest BCUT2D eigenvalue weighted by molar-refractivity contribution is 0.0674. The van der Waals surface area contributed by atoms with Crippen LogP contribution >= 0.6 is 12.2 Å². The predicted octanol–water partition coefficient (Wildman–Crippen LogP) is 3.58. The molecule has 1 atom stereocenters. The molecule has 1 unspecified atom stereocenters. The molecule has 0 aliphatic carbocycles. The summed E-state index contributed by atoms with van der Waals surface area (Å²) in [7, 11) is 0. The topological polar surface area (TPSA) is 33.7 Å². The molecule has 1 saturated heterocycles. The van der Waals surface area contributed by atoms with E-state index in [-0.39, 0.29) is 6.04 Å². The maximum Gasteiger partial charge on any atom is 0.169 e. The molecule has 0 radical (unpaired) electrons. The van der Waals surface area contributed by atoms with Crippen LogP contribution in [0.3, 0.4) is 0 Å². The van der Waals surface area contributed by atoms with Gasteiger partial charge in [0.1, 0.15) is 5.75 Å². The number of nitrogens with one attached hydrogen (secondary N) is 1. The average Bonchev–Trinajstić information content (AvgIpc) is 2.70. The predicted molar refractivity (Wildman–Crippen MR) is 109 cm³/mol. The van der Waals surface area contributed by atoms with Crippen LogP contribution in [0.1, 0.15) is 24.1 Å². The number of hydrogen-bond acceptors (Lipinski definition) is 3. The Labute approximate surface area is 161 Å². The molecule has 26 heavy (non-hydrogen) atoms. The van der Waals surface area contributed by atoms with E-state index >= 15 is 0 Å². The van der Waals surface area contributed by atoms with Crippen LogP contribution in [0.15, 0.2) is 54.6 Å². The molecule has 1 heterocycles. The molecule has 0 spiro atoms. The average molecular weight is 371 g/mol. The normalized spacial score (nSPS) is 15.3. The van der Waals surface area contributed by atoms with Crippen molar-refractivity contribution >= 4 is 17.3 Å². The first-order chi connectivity index (χ1) is 12.8. The first kappa shape index (κ1) is 18.7. The molecule has 138 valence electrons. The summed E-state index contributed by atoms with van der Waals surface area (Å²) in [5.74, 6) is 0.907. The molecule has 1 aliphatic rings. The summed E-state index contributed by atoms with van der Waals surface area (Å²) in [6, 6.07) is 18.9. The van der Waals surface area contributed by atoms with Crippen molar-refractivity contribution < 1.29 is 9.47 Å². The molecule has 0 saturated carbocycles. The monoisotopic (exact) mass is 370 g/mol. The first-order valence-electron chi connectivity index (χ1n) is 9.16. The molecule has 2 aromatic rings. The number of morpholine rings is 1. The number of rotatable bonds is 6. The van der Waals surface area contributed by atoms with E-state index in [0.29, 0.717) is 6.61 Å². The van der Waals surface area contributed by atoms with Crippen molar-refractivity contribution in [1.82, 2.24) is 10.2 Å². The SMILES string of the molecule is CCOc1ccc(CC(NC(=S)N2CCOCC2)c2ccccc2)cc1. The van der Waals surface area contributed by atoms with Gasteiger partial charge in [-0.05, 0) is 48.8 Å². The second kappa shape index (κ2) is 9.55. The van der Waals surface area contributed by atoms with Crippen LogP contribution in [0.25, 0.3) is 0 Å². The minimum atomic E-state index is 0.129. The van der Waals surface area contributed by atoms with Gasteiger partial charge >= 0.3 is 0 Å². The van der Waals surface area contributed by atoms with Gasteiger partial charge in [0.15, 0.2) is 5.11 Å². The van der Waals surface area contributed by atoms with Crippen molar-refractivity contribution in [1.29, 1.82) is 0 Å². The Balaban J connectivity index is 1.72. The first-order valence-corrected chi connectivity index (χ1v) is 9.57. The summed E-state index contributed by atoms with van der Waals surface area (Å²) in [5, 5.41) is 4.36. The molecule has 1 N–H and O–H groups in total. The van der Waals surface area contributed by atoms with Crippen LogP contribution in [0, 0.1) is 0 Å². The van der Waals surface area contributed by atoms with E-state index in [1.54, 1.807) is 0 Å². The van der Waals surface area contributed by atoms with Crippen molar-refractivity contribution in [2.24, 2.45) is 0 Å². The molecule has 2 aromatic carbocycles. The van der Waals surface area contributed by atoms with Crippen molar-refractivity contribution in [2.45, 2.75) is 19.4 Å². The lowest BCUT2D eigenvalue weighted by atomic mass is 9.99. The van der Waals surface area contributed by atoms with Gasteiger partial charge in [-0.25, -0.2) is 0 Å². The van der Waals surface area contributed by atoms with E-state index in [2.05, 4.69) is 46.6 Å². The van der Waals surface area contributed by atoms with Crippen LogP contribution in [-0.4, -0.2) is 42.9 Å². The molecule has 0 aromatic heterocycles. The van der Waals surface area contributed by atoms with E-state index in [4.69, 9.17) is 21.7 Å². The Morgan fingerprint density at radius 2 is 1.81 bits per heavy atom. The summed E-state index contributed by atoms with van der Waals surface area (Å²) in [4.78, 5) is 2.19. The van der Waals surface area contributed by atoms with Crippen LogP contribution in [0.2, 0.25) is 0 Å². The van der Waals surface area contributed by atoms with E-state index < -0.39 is 0 Å². The van der Waals surface area contributed by atoms with Crippen molar-refractivity contribution in [3.05, 3.63) is 65.7 Å². The second-order valence-corrected chi connectivity index (χ2v) is 6.68. The third-order valence-corrected chi connectivity index (χ3v) is 4.85. The summed E-state index contributed by atoms with van der Waals surface area (Å²) in [5.41, 5.74) is 2.48. The van der Waals surface area contributed by atoms with Crippen molar-refractivity contribution in [3.63, 3.8) is 0 Å². The second-order valence-electron chi connectivity index (χ2n) is 6.29. The largest absolute Gasteiger partial charge is 0.494 e. The van der Waals surface area contributed by atoms with E-state index in [0.717, 1.165) is 43.6 Å². The highest BCUT2D eigenvalue weighted by Gasteiger charge is 2.19. The summed E-state index contributed by atoms with van der Waals surface area (Å²) >= 11 is 5.66. The van der Waals surface area contributed by atoms with E-state index in [9.17, 15) is 0 Å².